The van der Waals surface area contributed by atoms with E-state index < -0.39 is 0 Å². The summed E-state index contributed by atoms with van der Waals surface area (Å²) in [5.41, 5.74) is 1.83. The highest BCUT2D eigenvalue weighted by Crippen LogP contribution is 2.33. The third-order valence-electron chi connectivity index (χ3n) is 4.91. The summed E-state index contributed by atoms with van der Waals surface area (Å²) in [6.07, 6.45) is 0. The van der Waals surface area contributed by atoms with Crippen molar-refractivity contribution in [2.24, 2.45) is 0 Å². The number of ether oxygens (including phenoxy) is 3. The van der Waals surface area contributed by atoms with Gasteiger partial charge in [0.15, 0.2) is 11.5 Å². The Morgan fingerprint density at radius 3 is 2.63 bits per heavy atom. The number of halogens is 1. The molecule has 0 unspecified atom stereocenters. The molecule has 1 saturated heterocycles. The van der Waals surface area contributed by atoms with Crippen molar-refractivity contribution in [2.45, 2.75) is 6.54 Å². The molecule has 0 aliphatic carbocycles. The molecular formula is C20H21BrN2O4. The molecule has 4 rings (SSSR count). The van der Waals surface area contributed by atoms with Gasteiger partial charge in [-0.15, -0.1) is 0 Å². The summed E-state index contributed by atoms with van der Waals surface area (Å²) in [7, 11) is 1.60. The molecule has 7 heteroatoms. The lowest BCUT2D eigenvalue weighted by Crippen LogP contribution is -2.48. The third kappa shape index (κ3) is 3.89. The highest BCUT2D eigenvalue weighted by atomic mass is 79.9. The first-order chi connectivity index (χ1) is 13.1. The largest absolute Gasteiger partial charge is 0.497 e. The van der Waals surface area contributed by atoms with E-state index in [9.17, 15) is 4.79 Å². The summed E-state index contributed by atoms with van der Waals surface area (Å²) in [6.45, 7) is 4.20. The van der Waals surface area contributed by atoms with E-state index in [-0.39, 0.29) is 5.91 Å². The van der Waals surface area contributed by atoms with E-state index in [2.05, 4.69) is 26.9 Å². The molecule has 0 spiro atoms. The number of carbonyl (C=O) groups excluding carboxylic acids is 1. The van der Waals surface area contributed by atoms with Gasteiger partial charge in [-0.05, 0) is 51.8 Å². The van der Waals surface area contributed by atoms with Gasteiger partial charge in [0.25, 0.3) is 5.91 Å². The quantitative estimate of drug-likeness (QED) is 0.742. The predicted octanol–water partition coefficient (Wildman–Crippen LogP) is 3.14. The molecule has 2 heterocycles. The SMILES string of the molecule is COc1ccc(Br)c(C(=O)N2CCN(Cc3ccc4c(c3)OCO4)CC2)c1. The normalized spacial score (nSPS) is 16.4. The van der Waals surface area contributed by atoms with Gasteiger partial charge in [-0.2, -0.15) is 0 Å². The first kappa shape index (κ1) is 18.1. The lowest BCUT2D eigenvalue weighted by atomic mass is 10.1. The summed E-state index contributed by atoms with van der Waals surface area (Å²) in [4.78, 5) is 17.1. The predicted molar refractivity (Wildman–Crippen MR) is 104 cm³/mol. The number of methoxy groups -OCH3 is 1. The van der Waals surface area contributed by atoms with Crippen LogP contribution in [0.1, 0.15) is 15.9 Å². The van der Waals surface area contributed by atoms with Crippen molar-refractivity contribution in [1.29, 1.82) is 0 Å². The first-order valence-electron chi connectivity index (χ1n) is 8.88. The second-order valence-electron chi connectivity index (χ2n) is 6.60. The highest BCUT2D eigenvalue weighted by Gasteiger charge is 2.24. The summed E-state index contributed by atoms with van der Waals surface area (Å²) in [6, 6.07) is 11.5. The van der Waals surface area contributed by atoms with E-state index in [0.29, 0.717) is 31.2 Å². The molecular weight excluding hydrogens is 412 g/mol. The fourth-order valence-electron chi connectivity index (χ4n) is 3.37. The van der Waals surface area contributed by atoms with Crippen molar-refractivity contribution >= 4 is 21.8 Å². The second-order valence-corrected chi connectivity index (χ2v) is 7.46. The van der Waals surface area contributed by atoms with Gasteiger partial charge in [0, 0.05) is 37.2 Å². The second kappa shape index (κ2) is 7.78. The number of rotatable bonds is 4. The van der Waals surface area contributed by atoms with Crippen LogP contribution in [0, 0.1) is 0 Å². The van der Waals surface area contributed by atoms with E-state index in [4.69, 9.17) is 14.2 Å². The molecule has 1 fully saturated rings. The van der Waals surface area contributed by atoms with Crippen molar-refractivity contribution in [2.75, 3.05) is 40.1 Å². The third-order valence-corrected chi connectivity index (χ3v) is 5.60. The number of carbonyl (C=O) groups is 1. The Kier molecular flexibility index (Phi) is 5.22. The molecule has 142 valence electrons. The fraction of sp³-hybridized carbons (Fsp3) is 0.350. The zero-order valence-electron chi connectivity index (χ0n) is 15.1. The van der Waals surface area contributed by atoms with E-state index in [1.54, 1.807) is 13.2 Å². The van der Waals surface area contributed by atoms with Gasteiger partial charge in [-0.25, -0.2) is 0 Å². The molecule has 2 aromatic carbocycles. The average Bonchev–Trinajstić information content (AvgIpc) is 3.16. The van der Waals surface area contributed by atoms with Crippen LogP contribution in [0.4, 0.5) is 0 Å². The first-order valence-corrected chi connectivity index (χ1v) is 9.67. The molecule has 0 saturated carbocycles. The minimum atomic E-state index is 0.0310. The van der Waals surface area contributed by atoms with Crippen LogP contribution in [0.5, 0.6) is 17.2 Å². The Labute approximate surface area is 166 Å². The number of hydrogen-bond acceptors (Lipinski definition) is 5. The van der Waals surface area contributed by atoms with Gasteiger partial charge in [0.2, 0.25) is 6.79 Å². The van der Waals surface area contributed by atoms with Crippen molar-refractivity contribution in [3.05, 3.63) is 52.0 Å². The van der Waals surface area contributed by atoms with Gasteiger partial charge >= 0.3 is 0 Å². The molecule has 0 atom stereocenters. The van der Waals surface area contributed by atoms with Gasteiger partial charge in [0.1, 0.15) is 5.75 Å². The number of fused-ring (bicyclic) bond motifs is 1. The number of hydrogen-bond donors (Lipinski definition) is 0. The lowest BCUT2D eigenvalue weighted by molar-refractivity contribution is 0.0627. The van der Waals surface area contributed by atoms with E-state index >= 15 is 0 Å². The Morgan fingerprint density at radius 1 is 1.07 bits per heavy atom. The van der Waals surface area contributed by atoms with E-state index in [1.165, 1.54) is 5.56 Å². The Balaban J connectivity index is 1.37. The topological polar surface area (TPSA) is 51.2 Å². The number of piperazine rings is 1. The molecule has 2 aliphatic heterocycles. The van der Waals surface area contributed by atoms with Crippen LogP contribution in [0.3, 0.4) is 0 Å². The van der Waals surface area contributed by atoms with Crippen LogP contribution < -0.4 is 14.2 Å². The fourth-order valence-corrected chi connectivity index (χ4v) is 3.79. The molecule has 2 aromatic rings. The molecule has 2 aliphatic rings. The summed E-state index contributed by atoms with van der Waals surface area (Å²) in [5, 5.41) is 0. The van der Waals surface area contributed by atoms with Gasteiger partial charge in [0.05, 0.1) is 12.7 Å². The zero-order valence-corrected chi connectivity index (χ0v) is 16.7. The van der Waals surface area contributed by atoms with Crippen molar-refractivity contribution in [3.63, 3.8) is 0 Å². The van der Waals surface area contributed by atoms with E-state index in [0.717, 1.165) is 35.6 Å². The highest BCUT2D eigenvalue weighted by molar-refractivity contribution is 9.10. The number of amides is 1. The maximum Gasteiger partial charge on any atom is 0.255 e. The van der Waals surface area contributed by atoms with Gasteiger partial charge in [-0.1, -0.05) is 6.07 Å². The van der Waals surface area contributed by atoms with E-state index in [1.807, 2.05) is 29.2 Å². The van der Waals surface area contributed by atoms with Crippen LogP contribution in [0.2, 0.25) is 0 Å². The number of nitrogens with zero attached hydrogens (tertiary/aromatic N) is 2. The molecule has 27 heavy (non-hydrogen) atoms. The smallest absolute Gasteiger partial charge is 0.255 e. The van der Waals surface area contributed by atoms with Crippen LogP contribution in [0.15, 0.2) is 40.9 Å². The van der Waals surface area contributed by atoms with Crippen LogP contribution in [0.25, 0.3) is 0 Å². The molecule has 0 N–H and O–H groups in total. The maximum absolute atomic E-state index is 12.9. The summed E-state index contributed by atoms with van der Waals surface area (Å²) in [5.74, 6) is 2.33. The van der Waals surface area contributed by atoms with Crippen molar-refractivity contribution < 1.29 is 19.0 Å². The molecule has 1 amide bonds. The Bertz CT molecular complexity index is 850. The Hall–Kier alpha value is -2.25. The summed E-state index contributed by atoms with van der Waals surface area (Å²) >= 11 is 3.47. The minimum Gasteiger partial charge on any atom is -0.497 e. The summed E-state index contributed by atoms with van der Waals surface area (Å²) < 4.78 is 16.8. The van der Waals surface area contributed by atoms with Crippen LogP contribution in [-0.2, 0) is 6.54 Å². The monoisotopic (exact) mass is 432 g/mol. The van der Waals surface area contributed by atoms with Gasteiger partial charge < -0.3 is 19.1 Å². The standard InChI is InChI=1S/C20H21BrN2O4/c1-25-15-3-4-17(21)16(11-15)20(24)23-8-6-22(7-9-23)12-14-2-5-18-19(10-14)27-13-26-18/h2-5,10-11H,6-9,12-13H2,1H3. The van der Waals surface area contributed by atoms with Crippen LogP contribution in [-0.4, -0.2) is 55.8 Å². The number of benzene rings is 2. The molecule has 0 aromatic heterocycles. The zero-order chi connectivity index (χ0) is 18.8. The lowest BCUT2D eigenvalue weighted by Gasteiger charge is -2.35. The molecule has 0 radical (unpaired) electrons. The Morgan fingerprint density at radius 2 is 1.85 bits per heavy atom. The average molecular weight is 433 g/mol. The van der Waals surface area contributed by atoms with Crippen molar-refractivity contribution in [3.8, 4) is 17.2 Å². The van der Waals surface area contributed by atoms with Crippen LogP contribution >= 0.6 is 15.9 Å². The van der Waals surface area contributed by atoms with Crippen molar-refractivity contribution in [1.82, 2.24) is 9.80 Å². The molecule has 0 bridgehead atoms. The molecule has 6 nitrogen and oxygen atoms in total. The minimum absolute atomic E-state index is 0.0310. The maximum atomic E-state index is 12.9. The van der Waals surface area contributed by atoms with Gasteiger partial charge in [-0.3, -0.25) is 9.69 Å².